The Morgan fingerprint density at radius 1 is 1.10 bits per heavy atom. The first kappa shape index (κ1) is 21.7. The molecular formula is C24H23BrN2O3S. The number of thioether (sulfide) groups is 1. The Morgan fingerprint density at radius 2 is 1.90 bits per heavy atom. The van der Waals surface area contributed by atoms with E-state index in [9.17, 15) is 9.59 Å². The predicted octanol–water partition coefficient (Wildman–Crippen LogP) is 6.16. The van der Waals surface area contributed by atoms with Crippen LogP contribution in [0.3, 0.4) is 0 Å². The number of ether oxygens (including phenoxy) is 1. The number of aromatic nitrogens is 1. The Kier molecular flexibility index (Phi) is 6.25. The van der Waals surface area contributed by atoms with Crippen LogP contribution in [0, 0.1) is 13.8 Å². The molecule has 1 aliphatic heterocycles. The molecule has 1 fully saturated rings. The Morgan fingerprint density at radius 3 is 2.61 bits per heavy atom. The molecule has 0 N–H and O–H groups in total. The van der Waals surface area contributed by atoms with Crippen LogP contribution in [0.5, 0.6) is 5.75 Å². The first-order valence-electron chi connectivity index (χ1n) is 10.1. The largest absolute Gasteiger partial charge is 0.492 e. The molecule has 1 saturated heterocycles. The van der Waals surface area contributed by atoms with E-state index in [2.05, 4.69) is 46.5 Å². The number of likely N-dealkylation sites (N-methyl/N-ethyl adjacent to an activating group) is 1. The van der Waals surface area contributed by atoms with E-state index >= 15 is 0 Å². The van der Waals surface area contributed by atoms with Crippen LogP contribution in [-0.2, 0) is 11.3 Å². The van der Waals surface area contributed by atoms with E-state index in [1.165, 1.54) is 16.0 Å². The van der Waals surface area contributed by atoms with E-state index in [-0.39, 0.29) is 11.1 Å². The van der Waals surface area contributed by atoms with Gasteiger partial charge in [-0.3, -0.25) is 14.5 Å². The maximum Gasteiger partial charge on any atom is 0.293 e. The summed E-state index contributed by atoms with van der Waals surface area (Å²) < 4.78 is 9.05. The lowest BCUT2D eigenvalue weighted by molar-refractivity contribution is -0.122. The number of amides is 2. The van der Waals surface area contributed by atoms with Gasteiger partial charge in [-0.25, -0.2) is 0 Å². The molecule has 3 aromatic rings. The van der Waals surface area contributed by atoms with Gasteiger partial charge in [0.25, 0.3) is 11.1 Å². The number of aryl methyl sites for hydroxylation is 2. The van der Waals surface area contributed by atoms with E-state index in [0.717, 1.165) is 38.5 Å². The van der Waals surface area contributed by atoms with Gasteiger partial charge in [0.15, 0.2) is 0 Å². The smallest absolute Gasteiger partial charge is 0.293 e. The highest BCUT2D eigenvalue weighted by atomic mass is 79.9. The summed E-state index contributed by atoms with van der Waals surface area (Å²) >= 11 is 4.53. The number of halogens is 1. The van der Waals surface area contributed by atoms with Crippen LogP contribution >= 0.6 is 27.7 Å². The quantitative estimate of drug-likeness (QED) is 0.382. The second kappa shape index (κ2) is 8.93. The van der Waals surface area contributed by atoms with Gasteiger partial charge < -0.3 is 9.30 Å². The number of fused-ring (bicyclic) bond motifs is 1. The molecule has 2 heterocycles. The third-order valence-corrected chi connectivity index (χ3v) is 6.83. The molecule has 0 unspecified atom stereocenters. The molecule has 0 radical (unpaired) electrons. The second-order valence-corrected chi connectivity index (χ2v) is 9.37. The molecule has 5 nitrogen and oxygen atoms in total. The fourth-order valence-corrected chi connectivity index (χ4v) is 4.83. The Labute approximate surface area is 194 Å². The molecule has 2 aromatic carbocycles. The van der Waals surface area contributed by atoms with Crippen molar-refractivity contribution in [3.8, 4) is 5.75 Å². The van der Waals surface area contributed by atoms with Crippen LogP contribution in [0.4, 0.5) is 4.79 Å². The monoisotopic (exact) mass is 498 g/mol. The van der Waals surface area contributed by atoms with Crippen molar-refractivity contribution in [3.63, 3.8) is 0 Å². The third-order valence-electron chi connectivity index (χ3n) is 5.43. The highest BCUT2D eigenvalue weighted by Gasteiger charge is 2.33. The van der Waals surface area contributed by atoms with Crippen molar-refractivity contribution in [1.82, 2.24) is 9.47 Å². The number of hydrogen-bond donors (Lipinski definition) is 0. The lowest BCUT2D eigenvalue weighted by Gasteiger charge is -2.10. The van der Waals surface area contributed by atoms with E-state index in [4.69, 9.17) is 4.74 Å². The standard InChI is InChI=1S/C24H23BrN2O3S/c1-4-27-23(28)22(31-24(27)29)12-17-14-26(21-8-6-18(25)13-20(17)21)9-10-30-19-7-5-15(2)16(3)11-19/h5-8,11-14H,4,9-10H2,1-3H3/b22-12-. The van der Waals surface area contributed by atoms with Crippen LogP contribution in [0.25, 0.3) is 17.0 Å². The van der Waals surface area contributed by atoms with E-state index in [0.29, 0.717) is 24.6 Å². The number of rotatable bonds is 6. The summed E-state index contributed by atoms with van der Waals surface area (Å²) in [6.45, 7) is 7.53. The minimum absolute atomic E-state index is 0.217. The molecule has 7 heteroatoms. The molecule has 0 atom stereocenters. The van der Waals surface area contributed by atoms with Gasteiger partial charge in [0.1, 0.15) is 12.4 Å². The number of carbonyl (C=O) groups is 2. The summed E-state index contributed by atoms with van der Waals surface area (Å²) in [5.74, 6) is 0.627. The van der Waals surface area contributed by atoms with Crippen molar-refractivity contribution >= 4 is 55.8 Å². The van der Waals surface area contributed by atoms with E-state index < -0.39 is 0 Å². The van der Waals surface area contributed by atoms with Crippen molar-refractivity contribution in [3.05, 3.63) is 68.7 Å². The highest BCUT2D eigenvalue weighted by Crippen LogP contribution is 2.34. The molecule has 1 aromatic heterocycles. The first-order valence-corrected chi connectivity index (χ1v) is 11.7. The fourth-order valence-electron chi connectivity index (χ4n) is 3.58. The molecule has 0 bridgehead atoms. The zero-order chi connectivity index (χ0) is 22.1. The summed E-state index contributed by atoms with van der Waals surface area (Å²) in [7, 11) is 0. The summed E-state index contributed by atoms with van der Waals surface area (Å²) in [4.78, 5) is 26.3. The van der Waals surface area contributed by atoms with Crippen molar-refractivity contribution in [1.29, 1.82) is 0 Å². The van der Waals surface area contributed by atoms with Crippen molar-refractivity contribution in [2.75, 3.05) is 13.2 Å². The van der Waals surface area contributed by atoms with Gasteiger partial charge >= 0.3 is 0 Å². The zero-order valence-electron chi connectivity index (χ0n) is 17.6. The normalized spacial score (nSPS) is 15.5. The van der Waals surface area contributed by atoms with Crippen LogP contribution in [0.2, 0.25) is 0 Å². The minimum atomic E-state index is -0.230. The Bertz CT molecular complexity index is 1210. The van der Waals surface area contributed by atoms with Crippen LogP contribution in [0.1, 0.15) is 23.6 Å². The summed E-state index contributed by atoms with van der Waals surface area (Å²) in [6.07, 6.45) is 3.83. The van der Waals surface area contributed by atoms with E-state index in [1.54, 1.807) is 6.92 Å². The average molecular weight is 499 g/mol. The molecule has 0 saturated carbocycles. The SMILES string of the molecule is CCN1C(=O)S/C(=C\c2cn(CCOc3ccc(C)c(C)c3)c3ccc(Br)cc23)C1=O. The van der Waals surface area contributed by atoms with Crippen LogP contribution in [0.15, 0.2) is 52.0 Å². The van der Waals surface area contributed by atoms with Gasteiger partial charge in [-0.2, -0.15) is 0 Å². The molecular weight excluding hydrogens is 476 g/mol. The summed E-state index contributed by atoms with van der Waals surface area (Å²) in [6, 6.07) is 12.2. The third kappa shape index (κ3) is 4.43. The molecule has 0 spiro atoms. The average Bonchev–Trinajstić information content (AvgIpc) is 3.20. The van der Waals surface area contributed by atoms with E-state index in [1.807, 2.05) is 36.5 Å². The van der Waals surface area contributed by atoms with Gasteiger partial charge in [-0.1, -0.05) is 22.0 Å². The number of nitrogens with zero attached hydrogens (tertiary/aromatic N) is 2. The second-order valence-electron chi connectivity index (χ2n) is 7.46. The maximum absolute atomic E-state index is 12.5. The molecule has 4 rings (SSSR count). The highest BCUT2D eigenvalue weighted by molar-refractivity contribution is 9.10. The first-order chi connectivity index (χ1) is 14.9. The summed E-state index contributed by atoms with van der Waals surface area (Å²) in [5, 5.41) is 0.800. The molecule has 2 amide bonds. The van der Waals surface area contributed by atoms with Crippen LogP contribution in [-0.4, -0.2) is 33.8 Å². The van der Waals surface area contributed by atoms with Gasteiger partial charge in [0, 0.05) is 33.7 Å². The topological polar surface area (TPSA) is 51.5 Å². The molecule has 0 aliphatic carbocycles. The lowest BCUT2D eigenvalue weighted by Crippen LogP contribution is -2.27. The number of imide groups is 1. The number of benzene rings is 2. The van der Waals surface area contributed by atoms with Gasteiger partial charge in [-0.15, -0.1) is 0 Å². The molecule has 1 aliphatic rings. The Balaban J connectivity index is 1.60. The predicted molar refractivity (Wildman–Crippen MR) is 129 cm³/mol. The van der Waals surface area contributed by atoms with Crippen molar-refractivity contribution < 1.29 is 14.3 Å². The van der Waals surface area contributed by atoms with Crippen molar-refractivity contribution in [2.24, 2.45) is 0 Å². The van der Waals surface area contributed by atoms with Crippen molar-refractivity contribution in [2.45, 2.75) is 27.3 Å². The minimum Gasteiger partial charge on any atom is -0.492 e. The zero-order valence-corrected chi connectivity index (χ0v) is 20.0. The fraction of sp³-hybridized carbons (Fsp3) is 0.250. The molecule has 31 heavy (non-hydrogen) atoms. The van der Waals surface area contributed by atoms with Gasteiger partial charge in [-0.05, 0) is 80.1 Å². The summed E-state index contributed by atoms with van der Waals surface area (Å²) in [5.41, 5.74) is 4.40. The Hall–Kier alpha value is -2.51. The maximum atomic E-state index is 12.5. The lowest BCUT2D eigenvalue weighted by atomic mass is 10.1. The van der Waals surface area contributed by atoms with Crippen LogP contribution < -0.4 is 4.74 Å². The molecule has 160 valence electrons. The van der Waals surface area contributed by atoms with Gasteiger partial charge in [0.2, 0.25) is 0 Å². The van der Waals surface area contributed by atoms with Gasteiger partial charge in [0.05, 0.1) is 11.4 Å². The number of hydrogen-bond acceptors (Lipinski definition) is 4. The number of carbonyl (C=O) groups excluding carboxylic acids is 2.